The molecule has 2 aromatic carbocycles. The van der Waals surface area contributed by atoms with Crippen LogP contribution in [0.3, 0.4) is 0 Å². The van der Waals surface area contributed by atoms with E-state index in [0.29, 0.717) is 27.0 Å². The minimum Gasteiger partial charge on any atom is -0.380 e. The van der Waals surface area contributed by atoms with Gasteiger partial charge in [0, 0.05) is 15.5 Å². The molecular weight excluding hydrogens is 392 g/mol. The molecule has 3 rings (SSSR count). The van der Waals surface area contributed by atoms with Gasteiger partial charge in [0.15, 0.2) is 0 Å². The van der Waals surface area contributed by atoms with Crippen LogP contribution in [0.1, 0.15) is 24.3 Å². The average molecular weight is 406 g/mol. The second-order valence-corrected chi connectivity index (χ2v) is 7.38. The summed E-state index contributed by atoms with van der Waals surface area (Å²) in [5.41, 5.74) is 2.14. The van der Waals surface area contributed by atoms with E-state index in [1.54, 1.807) is 12.1 Å². The van der Waals surface area contributed by atoms with Crippen LogP contribution >= 0.6 is 50.7 Å². The summed E-state index contributed by atoms with van der Waals surface area (Å²) in [7, 11) is 0. The van der Waals surface area contributed by atoms with Crippen LogP contribution in [0, 0.1) is 0 Å². The normalized spacial score (nSPS) is 21.0. The Morgan fingerprint density at radius 1 is 1.00 bits per heavy atom. The Bertz CT molecular complexity index is 645. The first-order valence-corrected chi connectivity index (χ1v) is 8.63. The molecule has 21 heavy (non-hydrogen) atoms. The molecule has 1 aliphatic rings. The van der Waals surface area contributed by atoms with Crippen molar-refractivity contribution in [2.24, 2.45) is 0 Å². The summed E-state index contributed by atoms with van der Waals surface area (Å²) in [6, 6.07) is 12.2. The highest BCUT2D eigenvalue weighted by molar-refractivity contribution is 9.10. The zero-order valence-corrected chi connectivity index (χ0v) is 14.9. The van der Waals surface area contributed by atoms with Crippen molar-refractivity contribution in [3.05, 3.63) is 61.5 Å². The lowest BCUT2D eigenvalue weighted by molar-refractivity contribution is 0.373. The van der Waals surface area contributed by atoms with E-state index in [0.717, 1.165) is 18.5 Å². The van der Waals surface area contributed by atoms with Gasteiger partial charge in [-0.05, 0) is 42.5 Å². The maximum atomic E-state index is 6.20. The number of halogens is 4. The number of benzene rings is 2. The number of hydrogen-bond acceptors (Lipinski definition) is 1. The summed E-state index contributed by atoms with van der Waals surface area (Å²) in [4.78, 5) is 0. The first kappa shape index (κ1) is 15.5. The second-order valence-electron chi connectivity index (χ2n) is 5.28. The van der Waals surface area contributed by atoms with Gasteiger partial charge in [-0.15, -0.1) is 0 Å². The quantitative estimate of drug-likeness (QED) is 0.594. The summed E-state index contributed by atoms with van der Waals surface area (Å²) < 4.78 is 1.18. The van der Waals surface area contributed by atoms with Gasteiger partial charge in [0.2, 0.25) is 0 Å². The van der Waals surface area contributed by atoms with Crippen LogP contribution in [0.25, 0.3) is 0 Å². The number of anilines is 1. The minimum absolute atomic E-state index is 0.387. The molecule has 0 aliphatic heterocycles. The number of nitrogens with one attached hydrogen (secondary N) is 1. The predicted molar refractivity (Wildman–Crippen MR) is 95.0 cm³/mol. The smallest absolute Gasteiger partial charge is 0.0722 e. The molecule has 0 amide bonds. The van der Waals surface area contributed by atoms with Crippen molar-refractivity contribution in [2.75, 3.05) is 5.32 Å². The van der Waals surface area contributed by atoms with Gasteiger partial charge in [-0.25, -0.2) is 0 Å². The molecule has 110 valence electrons. The molecule has 0 atom stereocenters. The van der Waals surface area contributed by atoms with Crippen LogP contribution in [-0.4, -0.2) is 6.04 Å². The van der Waals surface area contributed by atoms with Gasteiger partial charge in [-0.3, -0.25) is 0 Å². The van der Waals surface area contributed by atoms with Crippen LogP contribution in [0.2, 0.25) is 15.1 Å². The number of rotatable bonds is 3. The molecule has 1 aliphatic carbocycles. The van der Waals surface area contributed by atoms with Crippen molar-refractivity contribution in [1.29, 1.82) is 0 Å². The maximum absolute atomic E-state index is 6.20. The molecule has 5 heteroatoms. The van der Waals surface area contributed by atoms with Crippen LogP contribution in [0.15, 0.2) is 40.9 Å². The van der Waals surface area contributed by atoms with Crippen LogP contribution in [0.4, 0.5) is 5.69 Å². The summed E-state index contributed by atoms with van der Waals surface area (Å²) in [5, 5.41) is 5.11. The molecule has 2 aromatic rings. The van der Waals surface area contributed by atoms with Crippen molar-refractivity contribution in [3.63, 3.8) is 0 Å². The Hall–Kier alpha value is -0.410. The predicted octanol–water partition coefficient (Wildman–Crippen LogP) is 6.77. The molecule has 1 saturated carbocycles. The van der Waals surface area contributed by atoms with Crippen molar-refractivity contribution < 1.29 is 0 Å². The zero-order valence-electron chi connectivity index (χ0n) is 11.0. The molecule has 0 saturated heterocycles. The molecule has 0 unspecified atom stereocenters. The lowest BCUT2D eigenvalue weighted by Gasteiger charge is -2.37. The van der Waals surface area contributed by atoms with Gasteiger partial charge in [0.1, 0.15) is 0 Å². The van der Waals surface area contributed by atoms with Gasteiger partial charge in [-0.1, -0.05) is 68.9 Å². The van der Waals surface area contributed by atoms with Crippen molar-refractivity contribution >= 4 is 56.4 Å². The third-order valence-corrected chi connectivity index (χ3v) is 5.38. The highest BCUT2D eigenvalue weighted by Gasteiger charge is 2.32. The maximum Gasteiger partial charge on any atom is 0.0722 e. The summed E-state index contributed by atoms with van der Waals surface area (Å²) in [6.45, 7) is 0. The SMILES string of the molecule is Clc1cc(Cl)c(NC2CC(c3ccccc3Br)C2)c(Cl)c1. The van der Waals surface area contributed by atoms with E-state index in [9.17, 15) is 0 Å². The van der Waals surface area contributed by atoms with E-state index in [1.165, 1.54) is 10.0 Å². The minimum atomic E-state index is 0.387. The molecule has 1 nitrogen and oxygen atoms in total. The lowest BCUT2D eigenvalue weighted by Crippen LogP contribution is -2.34. The lowest BCUT2D eigenvalue weighted by atomic mass is 9.76. The van der Waals surface area contributed by atoms with E-state index >= 15 is 0 Å². The molecule has 0 radical (unpaired) electrons. The Balaban J connectivity index is 1.67. The van der Waals surface area contributed by atoms with E-state index in [1.807, 2.05) is 6.07 Å². The van der Waals surface area contributed by atoms with Crippen molar-refractivity contribution in [3.8, 4) is 0 Å². The highest BCUT2D eigenvalue weighted by Crippen LogP contribution is 2.43. The third-order valence-electron chi connectivity index (χ3n) is 3.84. The Labute approximate surface area is 147 Å². The molecule has 0 spiro atoms. The van der Waals surface area contributed by atoms with E-state index < -0.39 is 0 Å². The molecule has 0 bridgehead atoms. The van der Waals surface area contributed by atoms with Crippen molar-refractivity contribution in [1.82, 2.24) is 0 Å². The van der Waals surface area contributed by atoms with Gasteiger partial charge in [-0.2, -0.15) is 0 Å². The highest BCUT2D eigenvalue weighted by atomic mass is 79.9. The second kappa shape index (κ2) is 6.37. The topological polar surface area (TPSA) is 12.0 Å². The van der Waals surface area contributed by atoms with Gasteiger partial charge < -0.3 is 5.32 Å². The van der Waals surface area contributed by atoms with Gasteiger partial charge in [0.05, 0.1) is 15.7 Å². The van der Waals surface area contributed by atoms with E-state index in [4.69, 9.17) is 34.8 Å². The van der Waals surface area contributed by atoms with Crippen LogP contribution < -0.4 is 5.32 Å². The monoisotopic (exact) mass is 403 g/mol. The third kappa shape index (κ3) is 3.34. The first-order chi connectivity index (χ1) is 10.0. The summed E-state index contributed by atoms with van der Waals surface area (Å²) in [5.74, 6) is 0.572. The van der Waals surface area contributed by atoms with Crippen LogP contribution in [0.5, 0.6) is 0 Å². The summed E-state index contributed by atoms with van der Waals surface area (Å²) in [6.07, 6.45) is 2.13. The molecule has 0 heterocycles. The largest absolute Gasteiger partial charge is 0.380 e. The molecular formula is C16H13BrCl3N. The number of hydrogen-bond donors (Lipinski definition) is 1. The Kier molecular flexibility index (Phi) is 4.70. The average Bonchev–Trinajstić information content (AvgIpc) is 2.37. The summed E-state index contributed by atoms with van der Waals surface area (Å²) >= 11 is 21.9. The fourth-order valence-corrected chi connectivity index (χ4v) is 4.21. The fraction of sp³-hybridized carbons (Fsp3) is 0.250. The van der Waals surface area contributed by atoms with Gasteiger partial charge in [0.25, 0.3) is 0 Å². The van der Waals surface area contributed by atoms with E-state index in [2.05, 4.69) is 39.4 Å². The van der Waals surface area contributed by atoms with Crippen molar-refractivity contribution in [2.45, 2.75) is 24.8 Å². The first-order valence-electron chi connectivity index (χ1n) is 6.70. The standard InChI is InChI=1S/C16H13BrCl3N/c17-13-4-2-1-3-12(13)9-5-11(6-9)21-16-14(19)7-10(18)8-15(16)20/h1-4,7-9,11,21H,5-6H2. The zero-order chi connectivity index (χ0) is 15.0. The molecule has 0 aromatic heterocycles. The fourth-order valence-electron chi connectivity index (χ4n) is 2.68. The molecule has 1 N–H and O–H groups in total. The van der Waals surface area contributed by atoms with E-state index in [-0.39, 0.29) is 0 Å². The van der Waals surface area contributed by atoms with Crippen LogP contribution in [-0.2, 0) is 0 Å². The molecule has 1 fully saturated rings. The van der Waals surface area contributed by atoms with Gasteiger partial charge >= 0.3 is 0 Å². The Morgan fingerprint density at radius 3 is 2.24 bits per heavy atom. The Morgan fingerprint density at radius 2 is 1.62 bits per heavy atom.